The summed E-state index contributed by atoms with van der Waals surface area (Å²) < 4.78 is 0. The zero-order valence-corrected chi connectivity index (χ0v) is 12.2. The van der Waals surface area contributed by atoms with E-state index < -0.39 is 0 Å². The summed E-state index contributed by atoms with van der Waals surface area (Å²) in [6.07, 6.45) is 5.86. The van der Waals surface area contributed by atoms with Gasteiger partial charge in [-0.1, -0.05) is 20.8 Å². The minimum Gasteiger partial charge on any atom is -0.351 e. The second-order valence-corrected chi connectivity index (χ2v) is 6.71. The second-order valence-electron chi connectivity index (χ2n) is 6.71. The normalized spacial score (nSPS) is 15.6. The number of amides is 1. The van der Waals surface area contributed by atoms with E-state index in [1.165, 1.54) is 12.8 Å². The van der Waals surface area contributed by atoms with Crippen LogP contribution in [0.25, 0.3) is 11.2 Å². The lowest BCUT2D eigenvalue weighted by atomic mass is 9.97. The second kappa shape index (κ2) is 4.58. The zero-order valence-electron chi connectivity index (χ0n) is 12.2. The highest BCUT2D eigenvalue weighted by molar-refractivity contribution is 6.04. The molecule has 0 radical (unpaired) electrons. The molecule has 1 aliphatic carbocycles. The first-order valence-electron chi connectivity index (χ1n) is 7.06. The molecular formula is C15H20N4O. The third-order valence-electron chi connectivity index (χ3n) is 3.42. The Bertz CT molecular complexity index is 649. The van der Waals surface area contributed by atoms with E-state index in [0.29, 0.717) is 29.2 Å². The van der Waals surface area contributed by atoms with E-state index in [1.807, 2.05) is 6.20 Å². The highest BCUT2D eigenvalue weighted by Gasteiger charge is 2.26. The molecule has 3 rings (SSSR count). The zero-order chi connectivity index (χ0) is 14.3. The Kier molecular flexibility index (Phi) is 3.00. The number of aromatic amines is 1. The minimum absolute atomic E-state index is 0.0621. The molecule has 5 heteroatoms. The average Bonchev–Trinajstić information content (AvgIpc) is 3.15. The van der Waals surface area contributed by atoms with Gasteiger partial charge in [0, 0.05) is 18.7 Å². The van der Waals surface area contributed by atoms with Crippen LogP contribution in [0.3, 0.4) is 0 Å². The fourth-order valence-electron chi connectivity index (χ4n) is 2.09. The van der Waals surface area contributed by atoms with Crippen molar-refractivity contribution in [2.24, 2.45) is 5.41 Å². The maximum Gasteiger partial charge on any atom is 0.255 e. The number of H-pyrrole nitrogens is 1. The van der Waals surface area contributed by atoms with Gasteiger partial charge in [-0.2, -0.15) is 0 Å². The van der Waals surface area contributed by atoms with Crippen molar-refractivity contribution < 1.29 is 4.79 Å². The molecule has 20 heavy (non-hydrogen) atoms. The Morgan fingerprint density at radius 1 is 1.45 bits per heavy atom. The van der Waals surface area contributed by atoms with E-state index >= 15 is 0 Å². The highest BCUT2D eigenvalue weighted by Crippen LogP contribution is 2.39. The number of carbonyl (C=O) groups is 1. The molecule has 0 atom stereocenters. The number of aromatic nitrogens is 3. The molecule has 1 aliphatic rings. The van der Waals surface area contributed by atoms with Crippen LogP contribution in [0.2, 0.25) is 0 Å². The summed E-state index contributed by atoms with van der Waals surface area (Å²) in [7, 11) is 0. The van der Waals surface area contributed by atoms with Gasteiger partial charge in [0.15, 0.2) is 5.65 Å². The van der Waals surface area contributed by atoms with E-state index in [9.17, 15) is 4.79 Å². The molecule has 1 fully saturated rings. The molecule has 1 saturated carbocycles. The molecule has 0 aliphatic heterocycles. The Morgan fingerprint density at radius 2 is 2.20 bits per heavy atom. The largest absolute Gasteiger partial charge is 0.351 e. The summed E-state index contributed by atoms with van der Waals surface area (Å²) in [5.74, 6) is 0.445. The molecule has 1 amide bonds. The summed E-state index contributed by atoms with van der Waals surface area (Å²) in [6.45, 7) is 6.91. The number of nitrogens with one attached hydrogen (secondary N) is 2. The first-order valence-corrected chi connectivity index (χ1v) is 7.06. The third kappa shape index (κ3) is 2.66. The Balaban J connectivity index is 1.86. The van der Waals surface area contributed by atoms with Gasteiger partial charge >= 0.3 is 0 Å². The number of carbonyl (C=O) groups excluding carboxylic acids is 1. The fraction of sp³-hybridized carbons (Fsp3) is 0.533. The van der Waals surface area contributed by atoms with Gasteiger partial charge in [0.2, 0.25) is 0 Å². The van der Waals surface area contributed by atoms with Gasteiger partial charge in [-0.25, -0.2) is 9.97 Å². The van der Waals surface area contributed by atoms with Crippen molar-refractivity contribution in [2.45, 2.75) is 39.5 Å². The van der Waals surface area contributed by atoms with Gasteiger partial charge in [-0.05, 0) is 18.3 Å². The van der Waals surface area contributed by atoms with Gasteiger partial charge in [0.1, 0.15) is 5.52 Å². The van der Waals surface area contributed by atoms with Crippen LogP contribution < -0.4 is 5.32 Å². The topological polar surface area (TPSA) is 70.7 Å². The molecule has 2 heterocycles. The predicted octanol–water partition coefficient (Wildman–Crippen LogP) is 2.61. The molecule has 106 valence electrons. The summed E-state index contributed by atoms with van der Waals surface area (Å²) in [5.41, 5.74) is 3.00. The lowest BCUT2D eigenvalue weighted by Crippen LogP contribution is -2.32. The highest BCUT2D eigenvalue weighted by atomic mass is 16.1. The van der Waals surface area contributed by atoms with Crippen molar-refractivity contribution >= 4 is 17.1 Å². The Labute approximate surface area is 118 Å². The lowest BCUT2D eigenvalue weighted by Gasteiger charge is -2.18. The van der Waals surface area contributed by atoms with Gasteiger partial charge in [-0.3, -0.25) is 4.79 Å². The molecule has 0 bridgehead atoms. The number of rotatable bonds is 3. The fourth-order valence-corrected chi connectivity index (χ4v) is 2.09. The van der Waals surface area contributed by atoms with Crippen LogP contribution in [0.4, 0.5) is 0 Å². The van der Waals surface area contributed by atoms with Crippen LogP contribution in [-0.4, -0.2) is 27.4 Å². The van der Waals surface area contributed by atoms with Crippen LogP contribution in [-0.2, 0) is 0 Å². The molecule has 0 saturated heterocycles. The molecule has 0 spiro atoms. The maximum atomic E-state index is 12.3. The van der Waals surface area contributed by atoms with Crippen molar-refractivity contribution in [3.63, 3.8) is 0 Å². The van der Waals surface area contributed by atoms with Crippen LogP contribution in [0.15, 0.2) is 12.4 Å². The van der Waals surface area contributed by atoms with E-state index in [1.54, 1.807) is 6.20 Å². The Hall–Kier alpha value is -1.91. The number of hydrogen-bond acceptors (Lipinski definition) is 3. The quantitative estimate of drug-likeness (QED) is 0.902. The van der Waals surface area contributed by atoms with Crippen molar-refractivity contribution in [1.29, 1.82) is 0 Å². The average molecular weight is 272 g/mol. The van der Waals surface area contributed by atoms with Gasteiger partial charge in [-0.15, -0.1) is 0 Å². The van der Waals surface area contributed by atoms with Gasteiger partial charge < -0.3 is 10.3 Å². The van der Waals surface area contributed by atoms with Crippen molar-refractivity contribution in [1.82, 2.24) is 20.3 Å². The molecule has 2 N–H and O–H groups in total. The summed E-state index contributed by atoms with van der Waals surface area (Å²) >= 11 is 0. The molecule has 5 nitrogen and oxygen atoms in total. The van der Waals surface area contributed by atoms with Gasteiger partial charge in [0.25, 0.3) is 5.91 Å². The molecule has 0 unspecified atom stereocenters. The van der Waals surface area contributed by atoms with Gasteiger partial charge in [0.05, 0.1) is 17.5 Å². The summed E-state index contributed by atoms with van der Waals surface area (Å²) in [5, 5.41) is 2.95. The first kappa shape index (κ1) is 13.1. The van der Waals surface area contributed by atoms with E-state index in [0.717, 1.165) is 5.69 Å². The first-order chi connectivity index (χ1) is 9.44. The van der Waals surface area contributed by atoms with Crippen LogP contribution in [0.5, 0.6) is 0 Å². The standard InChI is InChI=1S/C15H20N4O/c1-15(2,3)8-18-14(20)10-6-16-13-12(10)19-11(7-17-13)9-4-5-9/h6-7,9H,4-5,8H2,1-3H3,(H,16,17)(H,18,20). The van der Waals surface area contributed by atoms with E-state index in [-0.39, 0.29) is 11.3 Å². The van der Waals surface area contributed by atoms with Crippen LogP contribution >= 0.6 is 0 Å². The molecule has 2 aromatic rings. The summed E-state index contributed by atoms with van der Waals surface area (Å²) in [4.78, 5) is 24.2. The number of fused-ring (bicyclic) bond motifs is 1. The van der Waals surface area contributed by atoms with E-state index in [4.69, 9.17) is 0 Å². The summed E-state index contributed by atoms with van der Waals surface area (Å²) in [6, 6.07) is 0. The number of nitrogens with zero attached hydrogens (tertiary/aromatic N) is 2. The van der Waals surface area contributed by atoms with E-state index in [2.05, 4.69) is 41.0 Å². The van der Waals surface area contributed by atoms with Crippen molar-refractivity contribution in [3.05, 3.63) is 23.7 Å². The molecule has 0 aromatic carbocycles. The molecule has 2 aromatic heterocycles. The van der Waals surface area contributed by atoms with Crippen molar-refractivity contribution in [3.8, 4) is 0 Å². The maximum absolute atomic E-state index is 12.3. The number of hydrogen-bond donors (Lipinski definition) is 2. The smallest absolute Gasteiger partial charge is 0.255 e. The SMILES string of the molecule is CC(C)(C)CNC(=O)c1c[nH]c2ncc(C3CC3)nc12. The van der Waals surface area contributed by atoms with Crippen LogP contribution in [0.1, 0.15) is 55.6 Å². The lowest BCUT2D eigenvalue weighted by molar-refractivity contribution is 0.0941. The molecular weight excluding hydrogens is 252 g/mol. The Morgan fingerprint density at radius 3 is 2.85 bits per heavy atom. The van der Waals surface area contributed by atoms with Crippen LogP contribution in [0, 0.1) is 5.41 Å². The predicted molar refractivity (Wildman–Crippen MR) is 77.7 cm³/mol. The minimum atomic E-state index is -0.0894. The third-order valence-corrected chi connectivity index (χ3v) is 3.42. The monoisotopic (exact) mass is 272 g/mol. The van der Waals surface area contributed by atoms with Crippen molar-refractivity contribution in [2.75, 3.05) is 6.54 Å².